The third-order valence-electron chi connectivity index (χ3n) is 17.4. The highest BCUT2D eigenvalue weighted by molar-refractivity contribution is 6.42. The van der Waals surface area contributed by atoms with Crippen LogP contribution in [0.5, 0.6) is 0 Å². The van der Waals surface area contributed by atoms with Gasteiger partial charge in [-0.2, -0.15) is 0 Å². The van der Waals surface area contributed by atoms with E-state index in [-0.39, 0.29) is 11.1 Å². The molecule has 4 aromatic carbocycles. The van der Waals surface area contributed by atoms with Crippen molar-refractivity contribution < 1.29 is 0 Å². The van der Waals surface area contributed by atoms with E-state index in [0.717, 1.165) is 84.2 Å². The van der Waals surface area contributed by atoms with Gasteiger partial charge < -0.3 is 4.40 Å². The molecule has 296 valence electrons. The third kappa shape index (κ3) is 3.87. The fraction of sp³-hybridized carbons (Fsp3) is 0.333. The predicted octanol–water partition coefficient (Wildman–Crippen LogP) is 11.6. The summed E-state index contributed by atoms with van der Waals surface area (Å²) >= 11 is 0. The molecule has 0 aliphatic heterocycles. The molecule has 18 rings (SSSR count). The van der Waals surface area contributed by atoms with Crippen molar-refractivity contribution >= 4 is 70.7 Å². The van der Waals surface area contributed by atoms with Gasteiger partial charge in [-0.1, -0.05) is 42.5 Å². The van der Waals surface area contributed by atoms with Crippen LogP contribution in [0.4, 0.5) is 0 Å². The molecular weight excluding hydrogens is 751 g/mol. The van der Waals surface area contributed by atoms with Crippen molar-refractivity contribution in [1.82, 2.24) is 23.5 Å². The summed E-state index contributed by atoms with van der Waals surface area (Å²) in [6.07, 6.45) is 16.6. The highest BCUT2D eigenvalue weighted by Crippen LogP contribution is 2.61. The van der Waals surface area contributed by atoms with Crippen LogP contribution >= 0.6 is 0 Å². The van der Waals surface area contributed by atoms with E-state index in [1.165, 1.54) is 97.5 Å². The molecule has 0 amide bonds. The number of fused-ring (bicyclic) bond motifs is 8. The molecule has 0 spiro atoms. The second-order valence-electron chi connectivity index (χ2n) is 20.4. The molecule has 61 heavy (non-hydrogen) atoms. The minimum atomic E-state index is -0.0625. The lowest BCUT2D eigenvalue weighted by Gasteiger charge is -2.38. The molecule has 8 aliphatic rings. The van der Waals surface area contributed by atoms with Gasteiger partial charge in [0, 0.05) is 66.9 Å². The maximum absolute atomic E-state index is 16.2. The van der Waals surface area contributed by atoms with Crippen LogP contribution < -0.4 is 11.1 Å². The topological polar surface area (TPSA) is 74.2 Å². The van der Waals surface area contributed by atoms with Gasteiger partial charge in [0.25, 0.3) is 11.1 Å². The van der Waals surface area contributed by atoms with Crippen molar-refractivity contribution in [2.75, 3.05) is 0 Å². The van der Waals surface area contributed by atoms with Crippen molar-refractivity contribution in [1.29, 1.82) is 0 Å². The van der Waals surface area contributed by atoms with Crippen LogP contribution in [0.3, 0.4) is 0 Å². The maximum atomic E-state index is 16.2. The van der Waals surface area contributed by atoms with Gasteiger partial charge in [-0.3, -0.25) is 28.7 Å². The predicted molar refractivity (Wildman–Crippen MR) is 243 cm³/mol. The van der Waals surface area contributed by atoms with Crippen molar-refractivity contribution in [3.8, 4) is 11.4 Å². The highest BCUT2D eigenvalue weighted by Gasteiger charge is 2.47. The molecule has 0 N–H and O–H groups in total. The lowest BCUT2D eigenvalue weighted by Crippen LogP contribution is -2.25. The van der Waals surface area contributed by atoms with E-state index in [0.29, 0.717) is 34.4 Å². The van der Waals surface area contributed by atoms with Crippen molar-refractivity contribution in [3.63, 3.8) is 0 Å². The first-order valence-corrected chi connectivity index (χ1v) is 23.1. The molecule has 10 aromatic rings. The second-order valence-corrected chi connectivity index (χ2v) is 20.4. The van der Waals surface area contributed by atoms with E-state index in [2.05, 4.69) is 28.9 Å². The molecule has 6 heterocycles. The van der Waals surface area contributed by atoms with Crippen LogP contribution in [-0.4, -0.2) is 23.5 Å². The van der Waals surface area contributed by atoms with Gasteiger partial charge >= 0.3 is 0 Å². The highest BCUT2D eigenvalue weighted by atomic mass is 16.1. The zero-order valence-electron chi connectivity index (χ0n) is 33.9. The molecule has 7 nitrogen and oxygen atoms in total. The molecule has 8 bridgehead atoms. The normalized spacial score (nSPS) is 27.5. The van der Waals surface area contributed by atoms with Crippen LogP contribution in [0.25, 0.3) is 82.0 Å². The molecule has 7 heteroatoms. The molecule has 8 aliphatic carbocycles. The SMILES string of the molecule is O=c1c2c3c(c(=O)n(-c4ccccc4)c4cccc(c34)n1-c1ccccc1)c1c3c4c(ncc3n3c5cnc6c(c5c2c13)C1CC2CC(CC6C2)C1)C1CC2CC(C1)CC4C2. The number of rotatable bonds is 2. The largest absolute Gasteiger partial charge is 0.305 e. The van der Waals surface area contributed by atoms with E-state index in [4.69, 9.17) is 9.97 Å². The van der Waals surface area contributed by atoms with Gasteiger partial charge in [0.05, 0.1) is 50.7 Å². The summed E-state index contributed by atoms with van der Waals surface area (Å²) in [7, 11) is 0. The Morgan fingerprint density at radius 3 is 1.26 bits per heavy atom. The summed E-state index contributed by atoms with van der Waals surface area (Å²) in [5, 5.41) is 7.60. The number of hydrogen-bond donors (Lipinski definition) is 0. The number of hydrogen-bond acceptors (Lipinski definition) is 4. The molecule has 4 unspecified atom stereocenters. The average molecular weight is 794 g/mol. The Labute approximate surface area is 350 Å². The summed E-state index contributed by atoms with van der Waals surface area (Å²) in [5.41, 5.74) is 11.7. The van der Waals surface area contributed by atoms with Crippen LogP contribution in [0, 0.1) is 23.7 Å². The van der Waals surface area contributed by atoms with Crippen LogP contribution in [-0.2, 0) is 0 Å². The molecule has 4 fully saturated rings. The Hall–Kier alpha value is -6.08. The van der Waals surface area contributed by atoms with Crippen LogP contribution in [0.15, 0.2) is 101 Å². The summed E-state index contributed by atoms with van der Waals surface area (Å²) in [6, 6.07) is 26.5. The summed E-state index contributed by atoms with van der Waals surface area (Å²) < 4.78 is 6.31. The fourth-order valence-electron chi connectivity index (χ4n) is 15.8. The van der Waals surface area contributed by atoms with Gasteiger partial charge in [-0.25, -0.2) is 0 Å². The zero-order valence-corrected chi connectivity index (χ0v) is 33.9. The van der Waals surface area contributed by atoms with Gasteiger partial charge in [-0.15, -0.1) is 0 Å². The van der Waals surface area contributed by atoms with E-state index in [1.54, 1.807) is 0 Å². The Morgan fingerprint density at radius 2 is 0.820 bits per heavy atom. The minimum absolute atomic E-state index is 0.0625. The number of pyridine rings is 4. The van der Waals surface area contributed by atoms with Gasteiger partial charge in [0.15, 0.2) is 0 Å². The van der Waals surface area contributed by atoms with Crippen LogP contribution in [0.1, 0.15) is 110 Å². The summed E-state index contributed by atoms with van der Waals surface area (Å²) in [4.78, 5) is 43.3. The number of aromatic nitrogens is 5. The van der Waals surface area contributed by atoms with Crippen molar-refractivity contribution in [2.45, 2.75) is 87.9 Å². The van der Waals surface area contributed by atoms with E-state index >= 15 is 9.59 Å². The Bertz CT molecular complexity index is 3450. The number of nitrogens with zero attached hydrogens (tertiary/aromatic N) is 5. The van der Waals surface area contributed by atoms with Gasteiger partial charge in [0.1, 0.15) is 0 Å². The molecule has 0 radical (unpaired) electrons. The Kier molecular flexibility index (Phi) is 5.91. The molecule has 4 saturated carbocycles. The molecule has 4 atom stereocenters. The van der Waals surface area contributed by atoms with Crippen molar-refractivity contribution in [3.05, 3.63) is 134 Å². The lowest BCUT2D eigenvalue weighted by atomic mass is 9.67. The van der Waals surface area contributed by atoms with Gasteiger partial charge in [0.2, 0.25) is 0 Å². The first kappa shape index (κ1) is 32.7. The minimum Gasteiger partial charge on any atom is -0.305 e. The fourth-order valence-corrected chi connectivity index (χ4v) is 15.8. The van der Waals surface area contributed by atoms with E-state index in [9.17, 15) is 0 Å². The quantitative estimate of drug-likeness (QED) is 0.163. The monoisotopic (exact) mass is 793 g/mol. The molecule has 6 aromatic heterocycles. The second kappa shape index (κ2) is 11.0. The van der Waals surface area contributed by atoms with E-state index < -0.39 is 0 Å². The standard InChI is InChI=1S/C54H43N5O2/c60-53-48-45-42-36(57(53)34-8-3-1-4-9-34)12-7-13-37(42)58(35-10-5-2-6-11-35)54(61)49(45)47-44-39(25-56-51-33-22-28-15-29(23-33)19-31(18-28)41(44)51)59-38-24-55-50-32-20-26-14-27(21-32)17-30(16-26)40(50)43(38)46(48)52(47)59/h1-13,24-33H,14-23H2. The third-order valence-corrected chi connectivity index (χ3v) is 17.4. The lowest BCUT2D eigenvalue weighted by molar-refractivity contribution is 0.165. The number of benzene rings is 4. The summed E-state index contributed by atoms with van der Waals surface area (Å²) in [6.45, 7) is 0. The smallest absolute Gasteiger partial charge is 0.264 e. The molecular formula is C54H43N5O2. The van der Waals surface area contributed by atoms with Crippen LogP contribution in [0.2, 0.25) is 0 Å². The first-order valence-electron chi connectivity index (χ1n) is 23.1. The number of para-hydroxylation sites is 2. The average Bonchev–Trinajstić information content (AvgIpc) is 3.66. The summed E-state index contributed by atoms with van der Waals surface area (Å²) in [5.74, 6) is 4.63. The maximum Gasteiger partial charge on any atom is 0.264 e. The Balaban J connectivity index is 1.22. The van der Waals surface area contributed by atoms with Gasteiger partial charge in [-0.05, 0) is 147 Å². The zero-order chi connectivity index (χ0) is 39.6. The van der Waals surface area contributed by atoms with Crippen molar-refractivity contribution in [2.24, 2.45) is 23.7 Å². The Morgan fingerprint density at radius 1 is 0.393 bits per heavy atom. The van der Waals surface area contributed by atoms with E-state index in [1.807, 2.05) is 75.9 Å². The molecule has 0 saturated heterocycles. The first-order chi connectivity index (χ1) is 30.1.